The number of carbonyl (C=O) groups excluding carboxylic acids is 1. The Morgan fingerprint density at radius 1 is 1.18 bits per heavy atom. The van der Waals surface area contributed by atoms with Crippen LogP contribution in [0.2, 0.25) is 0 Å². The molecule has 1 aliphatic heterocycles. The van der Waals surface area contributed by atoms with Crippen LogP contribution in [0, 0.1) is 11.8 Å². The summed E-state index contributed by atoms with van der Waals surface area (Å²) < 4.78 is 5.83. The van der Waals surface area contributed by atoms with Crippen molar-refractivity contribution in [1.29, 1.82) is 0 Å². The molecule has 5 nitrogen and oxygen atoms in total. The van der Waals surface area contributed by atoms with Crippen LogP contribution in [0.4, 0.5) is 0 Å². The van der Waals surface area contributed by atoms with E-state index in [1.54, 1.807) is 13.0 Å². The van der Waals surface area contributed by atoms with Crippen LogP contribution < -0.4 is 0 Å². The van der Waals surface area contributed by atoms with Gasteiger partial charge in [0, 0.05) is 12.0 Å². The number of aliphatic hydroxyl groups excluding tert-OH is 1. The number of nitrogens with zero attached hydrogens (tertiary/aromatic N) is 2. The van der Waals surface area contributed by atoms with E-state index >= 15 is 0 Å². The Hall–Kier alpha value is -2.53. The molecule has 2 aliphatic rings. The first kappa shape index (κ1) is 18.8. The molecule has 0 saturated heterocycles. The predicted molar refractivity (Wildman–Crippen MR) is 107 cm³/mol. The molecule has 28 heavy (non-hydrogen) atoms. The van der Waals surface area contributed by atoms with Gasteiger partial charge in [-0.3, -0.25) is 0 Å². The summed E-state index contributed by atoms with van der Waals surface area (Å²) in [5.74, 6) is 0.797. The van der Waals surface area contributed by atoms with E-state index < -0.39 is 6.10 Å². The highest BCUT2D eigenvalue weighted by atomic mass is 16.5. The number of carbonyl (C=O) groups is 1. The molecule has 2 atom stereocenters. The number of cyclic esters (lactones) is 1. The number of benzene rings is 1. The van der Waals surface area contributed by atoms with Crippen LogP contribution in [0.3, 0.4) is 0 Å². The average Bonchev–Trinajstić information content (AvgIpc) is 2.73. The van der Waals surface area contributed by atoms with Crippen LogP contribution in [-0.2, 0) is 11.2 Å². The lowest BCUT2D eigenvalue weighted by atomic mass is 9.77. The standard InChI is InChI=1S/C23H26N2O3/c1-3-15-4-6-16(7-5-15)22-13-17-8-9-18(12-19(17)23(27)28-22)21-11-10-20(14(2)26)24-25-21/h3,8-12,14-16,22,26H,1,4-7,13H2,2H3. The quantitative estimate of drug-likeness (QED) is 0.635. The molecule has 0 amide bonds. The Kier molecular flexibility index (Phi) is 5.27. The summed E-state index contributed by atoms with van der Waals surface area (Å²) >= 11 is 0. The molecule has 0 spiro atoms. The fourth-order valence-corrected chi connectivity index (χ4v) is 4.30. The molecule has 2 aromatic rings. The van der Waals surface area contributed by atoms with Crippen molar-refractivity contribution in [3.8, 4) is 11.3 Å². The van der Waals surface area contributed by atoms with Crippen LogP contribution in [0.5, 0.6) is 0 Å². The number of ether oxygens (including phenoxy) is 1. The number of aliphatic hydroxyl groups is 1. The van der Waals surface area contributed by atoms with Gasteiger partial charge in [-0.2, -0.15) is 10.2 Å². The number of hydrogen-bond acceptors (Lipinski definition) is 5. The van der Waals surface area contributed by atoms with Crippen LogP contribution in [0.15, 0.2) is 43.0 Å². The summed E-state index contributed by atoms with van der Waals surface area (Å²) in [6.45, 7) is 5.55. The first-order valence-electron chi connectivity index (χ1n) is 10.0. The number of esters is 1. The highest BCUT2D eigenvalue weighted by Crippen LogP contribution is 2.36. The Morgan fingerprint density at radius 3 is 2.61 bits per heavy atom. The van der Waals surface area contributed by atoms with E-state index in [1.807, 2.05) is 24.3 Å². The molecule has 2 unspecified atom stereocenters. The van der Waals surface area contributed by atoms with Gasteiger partial charge in [0.15, 0.2) is 0 Å². The Bertz CT molecular complexity index is 868. The molecule has 1 saturated carbocycles. The predicted octanol–water partition coefficient (Wildman–Crippen LogP) is 4.27. The lowest BCUT2D eigenvalue weighted by Gasteiger charge is -2.35. The second kappa shape index (κ2) is 7.84. The zero-order valence-electron chi connectivity index (χ0n) is 16.2. The van der Waals surface area contributed by atoms with Crippen molar-refractivity contribution in [3.05, 3.63) is 59.8 Å². The van der Waals surface area contributed by atoms with Gasteiger partial charge in [0.05, 0.1) is 23.1 Å². The minimum atomic E-state index is -0.654. The van der Waals surface area contributed by atoms with Crippen molar-refractivity contribution >= 4 is 5.97 Å². The van der Waals surface area contributed by atoms with Crippen molar-refractivity contribution in [2.75, 3.05) is 0 Å². The monoisotopic (exact) mass is 378 g/mol. The summed E-state index contributed by atoms with van der Waals surface area (Å²) in [5, 5.41) is 17.8. The number of aromatic nitrogens is 2. The Balaban J connectivity index is 1.52. The Morgan fingerprint density at radius 2 is 1.96 bits per heavy atom. The molecule has 0 radical (unpaired) electrons. The van der Waals surface area contributed by atoms with Crippen molar-refractivity contribution in [3.63, 3.8) is 0 Å². The van der Waals surface area contributed by atoms with Gasteiger partial charge in [-0.15, -0.1) is 6.58 Å². The molecule has 2 heterocycles. The smallest absolute Gasteiger partial charge is 0.338 e. The largest absolute Gasteiger partial charge is 0.458 e. The maximum absolute atomic E-state index is 12.7. The maximum Gasteiger partial charge on any atom is 0.338 e. The van der Waals surface area contributed by atoms with Gasteiger partial charge >= 0.3 is 5.97 Å². The maximum atomic E-state index is 12.7. The molecule has 146 valence electrons. The minimum absolute atomic E-state index is 0.0262. The van der Waals surface area contributed by atoms with Gasteiger partial charge in [0.2, 0.25) is 0 Å². The van der Waals surface area contributed by atoms with E-state index in [-0.39, 0.29) is 12.1 Å². The fourth-order valence-electron chi connectivity index (χ4n) is 4.30. The van der Waals surface area contributed by atoms with E-state index in [2.05, 4.69) is 22.9 Å². The first-order chi connectivity index (χ1) is 13.5. The van der Waals surface area contributed by atoms with Gasteiger partial charge in [-0.05, 0) is 68.2 Å². The SMILES string of the molecule is C=CC1CCC(C2Cc3ccc(-c4ccc(C(C)O)nn4)cc3C(=O)O2)CC1. The van der Waals surface area contributed by atoms with Gasteiger partial charge < -0.3 is 9.84 Å². The number of rotatable bonds is 4. The number of fused-ring (bicyclic) bond motifs is 1. The van der Waals surface area contributed by atoms with Crippen molar-refractivity contribution in [2.45, 2.75) is 51.2 Å². The highest BCUT2D eigenvalue weighted by Gasteiger charge is 2.34. The number of hydrogen-bond donors (Lipinski definition) is 1. The van der Waals surface area contributed by atoms with Gasteiger partial charge in [0.25, 0.3) is 0 Å². The normalized spacial score (nSPS) is 25.5. The fraction of sp³-hybridized carbons (Fsp3) is 0.435. The van der Waals surface area contributed by atoms with Crippen LogP contribution in [0.1, 0.15) is 60.3 Å². The third-order valence-electron chi connectivity index (χ3n) is 6.09. The zero-order chi connectivity index (χ0) is 19.7. The minimum Gasteiger partial charge on any atom is -0.458 e. The first-order valence-corrected chi connectivity index (χ1v) is 10.0. The number of allylic oxidation sites excluding steroid dienone is 1. The third-order valence-corrected chi connectivity index (χ3v) is 6.09. The molecule has 1 N–H and O–H groups in total. The lowest BCUT2D eigenvalue weighted by molar-refractivity contribution is 0.00116. The molecule has 0 bridgehead atoms. The van der Waals surface area contributed by atoms with Crippen molar-refractivity contribution < 1.29 is 14.6 Å². The summed E-state index contributed by atoms with van der Waals surface area (Å²) in [6, 6.07) is 9.40. The van der Waals surface area contributed by atoms with Crippen molar-refractivity contribution in [2.24, 2.45) is 11.8 Å². The molecule has 1 aromatic carbocycles. The van der Waals surface area contributed by atoms with Crippen LogP contribution >= 0.6 is 0 Å². The molecular formula is C23H26N2O3. The molecule has 1 aliphatic carbocycles. The summed E-state index contributed by atoms with van der Waals surface area (Å²) in [6.07, 6.45) is 6.60. The molecule has 4 rings (SSSR count). The van der Waals surface area contributed by atoms with E-state index in [0.29, 0.717) is 28.8 Å². The van der Waals surface area contributed by atoms with E-state index in [0.717, 1.165) is 43.2 Å². The van der Waals surface area contributed by atoms with Crippen LogP contribution in [-0.4, -0.2) is 27.4 Å². The molecule has 1 aromatic heterocycles. The summed E-state index contributed by atoms with van der Waals surface area (Å²) in [7, 11) is 0. The van der Waals surface area contributed by atoms with E-state index in [9.17, 15) is 9.90 Å². The topological polar surface area (TPSA) is 72.3 Å². The van der Waals surface area contributed by atoms with Crippen LogP contribution in [0.25, 0.3) is 11.3 Å². The molecule has 1 fully saturated rings. The second-order valence-electron chi connectivity index (χ2n) is 7.95. The van der Waals surface area contributed by atoms with Gasteiger partial charge in [-0.25, -0.2) is 4.79 Å². The van der Waals surface area contributed by atoms with E-state index in [1.165, 1.54) is 0 Å². The van der Waals surface area contributed by atoms with E-state index in [4.69, 9.17) is 4.74 Å². The molecular weight excluding hydrogens is 352 g/mol. The summed E-state index contributed by atoms with van der Waals surface area (Å²) in [5.41, 5.74) is 3.68. The lowest BCUT2D eigenvalue weighted by Crippen LogP contribution is -2.35. The second-order valence-corrected chi connectivity index (χ2v) is 7.95. The zero-order valence-corrected chi connectivity index (χ0v) is 16.2. The average molecular weight is 378 g/mol. The molecule has 5 heteroatoms. The summed E-state index contributed by atoms with van der Waals surface area (Å²) in [4.78, 5) is 12.7. The third kappa shape index (κ3) is 3.72. The Labute approximate surface area is 165 Å². The van der Waals surface area contributed by atoms with Gasteiger partial charge in [-0.1, -0.05) is 18.2 Å². The van der Waals surface area contributed by atoms with Crippen molar-refractivity contribution in [1.82, 2.24) is 10.2 Å². The van der Waals surface area contributed by atoms with Gasteiger partial charge in [0.1, 0.15) is 6.10 Å². The highest BCUT2D eigenvalue weighted by molar-refractivity contribution is 5.93.